The zero-order chi connectivity index (χ0) is 13.8. The first-order valence-corrected chi connectivity index (χ1v) is 7.49. The van der Waals surface area contributed by atoms with E-state index in [0.717, 1.165) is 28.1 Å². The van der Waals surface area contributed by atoms with E-state index in [1.54, 1.807) is 11.3 Å². The Labute approximate surface area is 117 Å². The summed E-state index contributed by atoms with van der Waals surface area (Å²) in [6.07, 6.45) is 1.58. The zero-order valence-electron chi connectivity index (χ0n) is 11.6. The molecule has 2 atom stereocenters. The molecule has 1 aromatic carbocycles. The van der Waals surface area contributed by atoms with Gasteiger partial charge in [-0.3, -0.25) is 4.79 Å². The molecule has 0 fully saturated rings. The molecule has 102 valence electrons. The number of carbonyl (C=O) groups excluding carboxylic acids is 1. The van der Waals surface area contributed by atoms with Crippen LogP contribution in [-0.2, 0) is 9.53 Å². The van der Waals surface area contributed by atoms with Crippen LogP contribution in [0.25, 0.3) is 10.2 Å². The molecule has 2 rings (SSSR count). The molecule has 0 saturated heterocycles. The van der Waals surface area contributed by atoms with Gasteiger partial charge in [-0.2, -0.15) is 0 Å². The Balaban J connectivity index is 2.07. The third-order valence-electron chi connectivity index (χ3n) is 3.08. The van der Waals surface area contributed by atoms with Gasteiger partial charge in [0.2, 0.25) is 0 Å². The number of para-hydroxylation sites is 1. The van der Waals surface area contributed by atoms with Crippen LogP contribution >= 0.6 is 11.3 Å². The van der Waals surface area contributed by atoms with Gasteiger partial charge in [0.25, 0.3) is 0 Å². The standard InChI is InChI=1S/C15H19NO2S/c1-4-7-10(2)15(17)18-11(3)14-16-12-8-5-6-9-13(12)19-14/h5-6,8-11H,4,7H2,1-3H3. The third kappa shape index (κ3) is 3.32. The van der Waals surface area contributed by atoms with Gasteiger partial charge >= 0.3 is 5.97 Å². The lowest BCUT2D eigenvalue weighted by Crippen LogP contribution is -2.16. The highest BCUT2D eigenvalue weighted by Gasteiger charge is 2.19. The molecule has 0 aliphatic carbocycles. The fraction of sp³-hybridized carbons (Fsp3) is 0.467. The van der Waals surface area contributed by atoms with Gasteiger partial charge in [0.05, 0.1) is 16.1 Å². The van der Waals surface area contributed by atoms with E-state index >= 15 is 0 Å². The van der Waals surface area contributed by atoms with E-state index in [4.69, 9.17) is 4.74 Å². The molecular weight excluding hydrogens is 258 g/mol. The number of esters is 1. The smallest absolute Gasteiger partial charge is 0.309 e. The second kappa shape index (κ2) is 6.15. The minimum atomic E-state index is -0.274. The second-order valence-electron chi connectivity index (χ2n) is 4.79. The molecule has 1 heterocycles. The van der Waals surface area contributed by atoms with Gasteiger partial charge in [-0.05, 0) is 25.5 Å². The van der Waals surface area contributed by atoms with Gasteiger partial charge in [-0.25, -0.2) is 4.98 Å². The van der Waals surface area contributed by atoms with E-state index in [9.17, 15) is 4.79 Å². The zero-order valence-corrected chi connectivity index (χ0v) is 12.4. The molecule has 0 N–H and O–H groups in total. The Morgan fingerprint density at radius 1 is 1.37 bits per heavy atom. The van der Waals surface area contributed by atoms with E-state index in [1.807, 2.05) is 38.1 Å². The largest absolute Gasteiger partial charge is 0.455 e. The van der Waals surface area contributed by atoms with E-state index in [0.29, 0.717) is 0 Å². The Hall–Kier alpha value is -1.42. The van der Waals surface area contributed by atoms with Crippen molar-refractivity contribution in [1.29, 1.82) is 0 Å². The summed E-state index contributed by atoms with van der Waals surface area (Å²) in [5, 5.41) is 0.859. The number of benzene rings is 1. The first-order valence-electron chi connectivity index (χ1n) is 6.67. The van der Waals surface area contributed by atoms with Crippen molar-refractivity contribution in [2.45, 2.75) is 39.7 Å². The molecule has 0 bridgehead atoms. The normalized spacial score (nSPS) is 14.3. The predicted octanol–water partition coefficient (Wildman–Crippen LogP) is 4.34. The summed E-state index contributed by atoms with van der Waals surface area (Å²) < 4.78 is 6.62. The van der Waals surface area contributed by atoms with Crippen LogP contribution in [0.4, 0.5) is 0 Å². The van der Waals surface area contributed by atoms with Gasteiger partial charge in [0.15, 0.2) is 6.10 Å². The lowest BCUT2D eigenvalue weighted by atomic mass is 10.1. The van der Waals surface area contributed by atoms with Crippen molar-refractivity contribution in [2.75, 3.05) is 0 Å². The Bertz CT molecular complexity index is 531. The minimum absolute atomic E-state index is 0.0400. The molecule has 0 saturated carbocycles. The first kappa shape index (κ1) is 14.0. The fourth-order valence-corrected chi connectivity index (χ4v) is 2.90. The third-order valence-corrected chi connectivity index (χ3v) is 4.27. The Morgan fingerprint density at radius 2 is 2.11 bits per heavy atom. The van der Waals surface area contributed by atoms with Crippen molar-refractivity contribution in [3.8, 4) is 0 Å². The Morgan fingerprint density at radius 3 is 2.79 bits per heavy atom. The molecule has 0 aliphatic heterocycles. The van der Waals surface area contributed by atoms with Crippen LogP contribution in [0.2, 0.25) is 0 Å². The van der Waals surface area contributed by atoms with E-state index in [1.165, 1.54) is 0 Å². The number of hydrogen-bond acceptors (Lipinski definition) is 4. The van der Waals surface area contributed by atoms with Gasteiger partial charge in [-0.15, -0.1) is 11.3 Å². The fourth-order valence-electron chi connectivity index (χ4n) is 1.96. The molecule has 19 heavy (non-hydrogen) atoms. The van der Waals surface area contributed by atoms with Crippen molar-refractivity contribution in [2.24, 2.45) is 5.92 Å². The lowest BCUT2D eigenvalue weighted by molar-refractivity contribution is -0.153. The van der Waals surface area contributed by atoms with Crippen LogP contribution in [0, 0.1) is 5.92 Å². The van der Waals surface area contributed by atoms with Gasteiger partial charge in [0, 0.05) is 0 Å². The molecule has 1 aromatic heterocycles. The van der Waals surface area contributed by atoms with E-state index in [-0.39, 0.29) is 18.0 Å². The monoisotopic (exact) mass is 277 g/mol. The summed E-state index contributed by atoms with van der Waals surface area (Å²) in [7, 11) is 0. The summed E-state index contributed by atoms with van der Waals surface area (Å²) in [4.78, 5) is 16.4. The van der Waals surface area contributed by atoms with Crippen molar-refractivity contribution >= 4 is 27.5 Å². The van der Waals surface area contributed by atoms with E-state index in [2.05, 4.69) is 11.9 Å². The average molecular weight is 277 g/mol. The lowest BCUT2D eigenvalue weighted by Gasteiger charge is -2.14. The SMILES string of the molecule is CCCC(C)C(=O)OC(C)c1nc2ccccc2s1. The number of fused-ring (bicyclic) bond motifs is 1. The molecule has 4 heteroatoms. The number of ether oxygens (including phenoxy) is 1. The number of carbonyl (C=O) groups is 1. The van der Waals surface area contributed by atoms with Gasteiger partial charge in [0.1, 0.15) is 5.01 Å². The molecule has 2 aromatic rings. The molecule has 2 unspecified atom stereocenters. The highest BCUT2D eigenvalue weighted by molar-refractivity contribution is 7.18. The molecule has 0 amide bonds. The molecule has 3 nitrogen and oxygen atoms in total. The van der Waals surface area contributed by atoms with Crippen molar-refractivity contribution in [1.82, 2.24) is 4.98 Å². The summed E-state index contributed by atoms with van der Waals surface area (Å²) in [5.74, 6) is -0.171. The number of nitrogens with zero attached hydrogens (tertiary/aromatic N) is 1. The van der Waals surface area contributed by atoms with Crippen LogP contribution in [0.5, 0.6) is 0 Å². The summed E-state index contributed by atoms with van der Waals surface area (Å²) >= 11 is 1.58. The van der Waals surface area contributed by atoms with Crippen LogP contribution in [-0.4, -0.2) is 11.0 Å². The molecule has 0 spiro atoms. The van der Waals surface area contributed by atoms with Gasteiger partial charge < -0.3 is 4.74 Å². The quantitative estimate of drug-likeness (QED) is 0.763. The van der Waals surface area contributed by atoms with Crippen molar-refractivity contribution in [3.05, 3.63) is 29.3 Å². The van der Waals surface area contributed by atoms with Crippen LogP contribution in [0.1, 0.15) is 44.7 Å². The van der Waals surface area contributed by atoms with Crippen LogP contribution in [0.3, 0.4) is 0 Å². The average Bonchev–Trinajstić information content (AvgIpc) is 2.82. The predicted molar refractivity (Wildman–Crippen MR) is 78.2 cm³/mol. The maximum atomic E-state index is 11.9. The summed E-state index contributed by atoms with van der Waals surface area (Å²) in [6, 6.07) is 7.96. The second-order valence-corrected chi connectivity index (χ2v) is 5.85. The highest BCUT2D eigenvalue weighted by atomic mass is 32.1. The topological polar surface area (TPSA) is 39.2 Å². The number of thiazole rings is 1. The van der Waals surface area contributed by atoms with E-state index < -0.39 is 0 Å². The maximum absolute atomic E-state index is 11.9. The number of aromatic nitrogens is 1. The van der Waals surface area contributed by atoms with Crippen molar-refractivity contribution in [3.63, 3.8) is 0 Å². The highest BCUT2D eigenvalue weighted by Crippen LogP contribution is 2.28. The number of hydrogen-bond donors (Lipinski definition) is 0. The first-order chi connectivity index (χ1) is 9.11. The summed E-state index contributed by atoms with van der Waals surface area (Å²) in [6.45, 7) is 5.87. The minimum Gasteiger partial charge on any atom is -0.455 e. The van der Waals surface area contributed by atoms with Crippen molar-refractivity contribution < 1.29 is 9.53 Å². The summed E-state index contributed by atoms with van der Waals surface area (Å²) in [5.41, 5.74) is 0.965. The molecule has 0 aliphatic rings. The van der Waals surface area contributed by atoms with Gasteiger partial charge in [-0.1, -0.05) is 32.4 Å². The van der Waals surface area contributed by atoms with Crippen LogP contribution in [0.15, 0.2) is 24.3 Å². The molecular formula is C15H19NO2S. The maximum Gasteiger partial charge on any atom is 0.309 e. The number of rotatable bonds is 5. The Kier molecular flexibility index (Phi) is 4.53. The van der Waals surface area contributed by atoms with Crippen LogP contribution < -0.4 is 0 Å². The molecule has 0 radical (unpaired) electrons.